The van der Waals surface area contributed by atoms with Crippen LogP contribution in [0.2, 0.25) is 0 Å². The highest BCUT2D eigenvalue weighted by molar-refractivity contribution is 5.84. The number of rotatable bonds is 1. The Balaban J connectivity index is 2.25. The number of hydrogen-bond acceptors (Lipinski definition) is 1. The third-order valence-corrected chi connectivity index (χ3v) is 3.25. The fourth-order valence-electron chi connectivity index (χ4n) is 2.23. The zero-order chi connectivity index (χ0) is 12.9. The highest BCUT2D eigenvalue weighted by Crippen LogP contribution is 2.37. The van der Waals surface area contributed by atoms with E-state index in [0.717, 1.165) is 12.3 Å². The van der Waals surface area contributed by atoms with Gasteiger partial charge >= 0.3 is 6.18 Å². The molecule has 2 heterocycles. The van der Waals surface area contributed by atoms with E-state index < -0.39 is 17.6 Å². The van der Waals surface area contributed by atoms with E-state index in [1.165, 1.54) is 12.1 Å². The molecule has 0 radical (unpaired) electrons. The van der Waals surface area contributed by atoms with E-state index in [1.807, 2.05) is 0 Å². The lowest BCUT2D eigenvalue weighted by Crippen LogP contribution is -2.43. The number of nitrogens with zero attached hydrogens (tertiary/aromatic N) is 1. The molecule has 1 N–H and O–H groups in total. The molecule has 0 atom stereocenters. The molecule has 0 bridgehead atoms. The minimum absolute atomic E-state index is 0.00839. The average Bonchev–Trinajstić information content (AvgIpc) is 2.54. The van der Waals surface area contributed by atoms with Gasteiger partial charge in [-0.05, 0) is 18.2 Å². The molecule has 1 saturated heterocycles. The van der Waals surface area contributed by atoms with Crippen molar-refractivity contribution in [3.05, 3.63) is 35.8 Å². The maximum Gasteiger partial charge on any atom is 0.418 e. The standard InChI is InChI=1S/C12H10F4N2/c13-7-1-2-11-9(3-7)10(12(14,15)16)6-18(11)8-4-17-5-8/h1-3,6,8,17H,4-5H2. The lowest BCUT2D eigenvalue weighted by atomic mass is 10.1. The van der Waals surface area contributed by atoms with Crippen LogP contribution in [-0.4, -0.2) is 17.7 Å². The van der Waals surface area contributed by atoms with Gasteiger partial charge in [0.25, 0.3) is 0 Å². The quantitative estimate of drug-likeness (QED) is 0.778. The van der Waals surface area contributed by atoms with Crippen LogP contribution in [-0.2, 0) is 6.18 Å². The SMILES string of the molecule is Fc1ccc2c(c1)c(C(F)(F)F)cn2C1CNC1. The molecule has 96 valence electrons. The van der Waals surface area contributed by atoms with Crippen LogP contribution in [0.3, 0.4) is 0 Å². The van der Waals surface area contributed by atoms with Crippen molar-refractivity contribution in [3.8, 4) is 0 Å². The molecule has 1 aromatic heterocycles. The second-order valence-corrected chi connectivity index (χ2v) is 4.42. The Morgan fingerprint density at radius 3 is 2.50 bits per heavy atom. The molecule has 0 spiro atoms. The van der Waals surface area contributed by atoms with E-state index in [0.29, 0.717) is 18.6 Å². The van der Waals surface area contributed by atoms with Crippen LogP contribution in [0.15, 0.2) is 24.4 Å². The van der Waals surface area contributed by atoms with Crippen molar-refractivity contribution in [2.75, 3.05) is 13.1 Å². The highest BCUT2D eigenvalue weighted by Gasteiger charge is 2.36. The molecular formula is C12H10F4N2. The molecule has 2 nitrogen and oxygen atoms in total. The number of alkyl halides is 3. The predicted molar refractivity (Wildman–Crippen MR) is 58.8 cm³/mol. The smallest absolute Gasteiger partial charge is 0.341 e. The number of fused-ring (bicyclic) bond motifs is 1. The van der Waals surface area contributed by atoms with Crippen molar-refractivity contribution < 1.29 is 17.6 Å². The van der Waals surface area contributed by atoms with Gasteiger partial charge < -0.3 is 9.88 Å². The minimum atomic E-state index is -4.46. The monoisotopic (exact) mass is 258 g/mol. The first-order chi connectivity index (χ1) is 8.47. The van der Waals surface area contributed by atoms with Gasteiger partial charge in [0, 0.05) is 30.2 Å². The van der Waals surface area contributed by atoms with Gasteiger partial charge in [-0.1, -0.05) is 0 Å². The summed E-state index contributed by atoms with van der Waals surface area (Å²) in [6.07, 6.45) is -3.38. The summed E-state index contributed by atoms with van der Waals surface area (Å²) in [5.74, 6) is -0.655. The van der Waals surface area contributed by atoms with Gasteiger partial charge in [0.15, 0.2) is 0 Å². The summed E-state index contributed by atoms with van der Waals surface area (Å²) in [4.78, 5) is 0. The molecule has 6 heteroatoms. The Hall–Kier alpha value is -1.56. The predicted octanol–water partition coefficient (Wildman–Crippen LogP) is 2.94. The fourth-order valence-corrected chi connectivity index (χ4v) is 2.23. The van der Waals surface area contributed by atoms with Crippen molar-refractivity contribution in [1.29, 1.82) is 0 Å². The highest BCUT2D eigenvalue weighted by atomic mass is 19.4. The molecule has 0 saturated carbocycles. The van der Waals surface area contributed by atoms with Gasteiger partial charge in [0.1, 0.15) is 5.82 Å². The third kappa shape index (κ3) is 1.68. The van der Waals surface area contributed by atoms with Crippen LogP contribution < -0.4 is 5.32 Å². The summed E-state index contributed by atoms with van der Waals surface area (Å²) in [5, 5.41) is 2.93. The van der Waals surface area contributed by atoms with Crippen LogP contribution in [0.25, 0.3) is 10.9 Å². The summed E-state index contributed by atoms with van der Waals surface area (Å²) >= 11 is 0. The van der Waals surface area contributed by atoms with E-state index in [9.17, 15) is 17.6 Å². The molecular weight excluding hydrogens is 248 g/mol. The van der Waals surface area contributed by atoms with E-state index in [4.69, 9.17) is 0 Å². The van der Waals surface area contributed by atoms with Crippen molar-refractivity contribution in [3.63, 3.8) is 0 Å². The van der Waals surface area contributed by atoms with Gasteiger partial charge in [-0.25, -0.2) is 4.39 Å². The van der Waals surface area contributed by atoms with Crippen molar-refractivity contribution in [2.45, 2.75) is 12.2 Å². The van der Waals surface area contributed by atoms with Crippen LogP contribution in [0.5, 0.6) is 0 Å². The normalized spacial score (nSPS) is 17.1. The van der Waals surface area contributed by atoms with Gasteiger partial charge in [-0.15, -0.1) is 0 Å². The summed E-state index contributed by atoms with van der Waals surface area (Å²) in [7, 11) is 0. The Morgan fingerprint density at radius 2 is 1.94 bits per heavy atom. The first kappa shape index (κ1) is 11.5. The third-order valence-electron chi connectivity index (χ3n) is 3.25. The Morgan fingerprint density at radius 1 is 1.22 bits per heavy atom. The van der Waals surface area contributed by atoms with Crippen LogP contribution >= 0.6 is 0 Å². The average molecular weight is 258 g/mol. The first-order valence-electron chi connectivity index (χ1n) is 5.55. The van der Waals surface area contributed by atoms with Crippen molar-refractivity contribution in [1.82, 2.24) is 9.88 Å². The molecule has 1 fully saturated rings. The second-order valence-electron chi connectivity index (χ2n) is 4.42. The Labute approximate surface area is 100 Å². The molecule has 0 unspecified atom stereocenters. The molecule has 1 aliphatic rings. The van der Waals surface area contributed by atoms with Crippen LogP contribution in [0, 0.1) is 5.82 Å². The Bertz CT molecular complexity index is 596. The maximum atomic E-state index is 13.1. The molecule has 0 amide bonds. The van der Waals surface area contributed by atoms with E-state index in [1.54, 1.807) is 4.57 Å². The van der Waals surface area contributed by atoms with Gasteiger partial charge in [-0.3, -0.25) is 0 Å². The summed E-state index contributed by atoms with van der Waals surface area (Å²) < 4.78 is 53.4. The number of hydrogen-bond donors (Lipinski definition) is 1. The topological polar surface area (TPSA) is 17.0 Å². The van der Waals surface area contributed by atoms with Gasteiger partial charge in [0.05, 0.1) is 11.6 Å². The number of halogens is 4. The van der Waals surface area contributed by atoms with Crippen molar-refractivity contribution >= 4 is 10.9 Å². The van der Waals surface area contributed by atoms with E-state index in [2.05, 4.69) is 5.32 Å². The summed E-state index contributed by atoms with van der Waals surface area (Å²) in [6.45, 7) is 1.27. The number of aromatic nitrogens is 1. The number of nitrogens with one attached hydrogen (secondary N) is 1. The molecule has 3 rings (SSSR count). The zero-order valence-electron chi connectivity index (χ0n) is 9.26. The lowest BCUT2D eigenvalue weighted by Gasteiger charge is -2.29. The molecule has 2 aromatic rings. The minimum Gasteiger partial charge on any atom is -0.341 e. The fraction of sp³-hybridized carbons (Fsp3) is 0.333. The number of benzene rings is 1. The van der Waals surface area contributed by atoms with Crippen molar-refractivity contribution in [2.24, 2.45) is 0 Å². The van der Waals surface area contributed by atoms with E-state index in [-0.39, 0.29) is 11.4 Å². The lowest BCUT2D eigenvalue weighted by molar-refractivity contribution is -0.136. The summed E-state index contributed by atoms with van der Waals surface area (Å²) in [5.41, 5.74) is -0.348. The molecule has 0 aliphatic carbocycles. The zero-order valence-corrected chi connectivity index (χ0v) is 9.26. The largest absolute Gasteiger partial charge is 0.418 e. The van der Waals surface area contributed by atoms with Gasteiger partial charge in [0.2, 0.25) is 0 Å². The molecule has 18 heavy (non-hydrogen) atoms. The van der Waals surface area contributed by atoms with E-state index >= 15 is 0 Å². The molecule has 1 aromatic carbocycles. The first-order valence-corrected chi connectivity index (χ1v) is 5.55. The second kappa shape index (κ2) is 3.71. The molecule has 1 aliphatic heterocycles. The van der Waals surface area contributed by atoms with Gasteiger partial charge in [-0.2, -0.15) is 13.2 Å². The maximum absolute atomic E-state index is 13.1. The van der Waals surface area contributed by atoms with Crippen LogP contribution in [0.4, 0.5) is 17.6 Å². The Kier molecular flexibility index (Phi) is 2.38. The van der Waals surface area contributed by atoms with Crippen LogP contribution in [0.1, 0.15) is 11.6 Å². The summed E-state index contributed by atoms with van der Waals surface area (Å²) in [6, 6.07) is 3.54.